The van der Waals surface area contributed by atoms with Crippen LogP contribution in [-0.4, -0.2) is 23.5 Å². The van der Waals surface area contributed by atoms with Crippen molar-refractivity contribution >= 4 is 16.9 Å². The number of aliphatic imine (C=N–C) groups is 1. The van der Waals surface area contributed by atoms with Gasteiger partial charge in [0, 0.05) is 18.3 Å². The largest absolute Gasteiger partial charge is 0.362 e. The van der Waals surface area contributed by atoms with E-state index in [1.165, 1.54) is 43.0 Å². The Hall–Kier alpha value is -0.180. The predicted molar refractivity (Wildman–Crippen MR) is 68.5 cm³/mol. The molecule has 0 aromatic carbocycles. The van der Waals surface area contributed by atoms with E-state index >= 15 is 0 Å². The fraction of sp³-hybridized carbons (Fsp3) is 0.917. The topological polar surface area (TPSA) is 24.4 Å². The molecule has 3 heteroatoms. The zero-order valence-electron chi connectivity index (χ0n) is 9.88. The molecule has 1 N–H and O–H groups in total. The van der Waals surface area contributed by atoms with Gasteiger partial charge in [0.25, 0.3) is 0 Å². The summed E-state index contributed by atoms with van der Waals surface area (Å²) < 4.78 is 0. The van der Waals surface area contributed by atoms with Crippen LogP contribution in [0.1, 0.15) is 46.0 Å². The molecule has 2 nitrogen and oxygen atoms in total. The lowest BCUT2D eigenvalue weighted by Crippen LogP contribution is -2.25. The third-order valence-corrected chi connectivity index (χ3v) is 5.00. The molecule has 0 radical (unpaired) electrons. The molecular weight excluding hydrogens is 204 g/mol. The van der Waals surface area contributed by atoms with Crippen LogP contribution in [0.4, 0.5) is 0 Å². The van der Waals surface area contributed by atoms with E-state index < -0.39 is 0 Å². The van der Waals surface area contributed by atoms with Crippen molar-refractivity contribution in [3.63, 3.8) is 0 Å². The molecule has 0 aromatic rings. The second-order valence-corrected chi connectivity index (χ2v) is 6.05. The fourth-order valence-corrected chi connectivity index (χ4v) is 3.51. The monoisotopic (exact) mass is 226 g/mol. The summed E-state index contributed by atoms with van der Waals surface area (Å²) in [6, 6.07) is 0.606. The van der Waals surface area contributed by atoms with Crippen LogP contribution in [0.3, 0.4) is 0 Å². The van der Waals surface area contributed by atoms with Crippen LogP contribution in [0.25, 0.3) is 0 Å². The van der Waals surface area contributed by atoms with Crippen LogP contribution in [-0.2, 0) is 0 Å². The zero-order chi connectivity index (χ0) is 10.7. The van der Waals surface area contributed by atoms with E-state index in [0.29, 0.717) is 11.5 Å². The minimum atomic E-state index is 0.543. The number of rotatable bonds is 3. The highest BCUT2D eigenvalue weighted by Gasteiger charge is 2.32. The molecule has 0 spiro atoms. The maximum atomic E-state index is 4.77. The first kappa shape index (κ1) is 11.3. The summed E-state index contributed by atoms with van der Waals surface area (Å²) in [7, 11) is 0. The van der Waals surface area contributed by atoms with E-state index in [-0.39, 0.29) is 0 Å². The normalized spacial score (nSPS) is 32.1. The number of hydrogen-bond donors (Lipinski definition) is 1. The van der Waals surface area contributed by atoms with Gasteiger partial charge in [0.1, 0.15) is 0 Å². The Balaban J connectivity index is 1.90. The molecule has 86 valence electrons. The van der Waals surface area contributed by atoms with Crippen molar-refractivity contribution in [3.8, 4) is 0 Å². The van der Waals surface area contributed by atoms with Crippen molar-refractivity contribution in [2.45, 2.75) is 52.0 Å². The summed E-state index contributed by atoms with van der Waals surface area (Å²) in [6.45, 7) is 5.59. The van der Waals surface area contributed by atoms with E-state index in [0.717, 1.165) is 6.54 Å². The van der Waals surface area contributed by atoms with Gasteiger partial charge in [-0.1, -0.05) is 31.5 Å². The highest BCUT2D eigenvalue weighted by molar-refractivity contribution is 8.14. The lowest BCUT2D eigenvalue weighted by atomic mass is 9.84. The number of thioether (sulfide) groups is 1. The molecule has 0 amide bonds. The van der Waals surface area contributed by atoms with E-state index in [1.807, 2.05) is 11.8 Å². The average Bonchev–Trinajstić information content (AvgIpc) is 2.85. The third-order valence-electron chi connectivity index (χ3n) is 3.81. The van der Waals surface area contributed by atoms with Crippen LogP contribution in [0, 0.1) is 5.41 Å². The molecule has 2 rings (SSSR count). The molecule has 0 bridgehead atoms. The summed E-state index contributed by atoms with van der Waals surface area (Å²) >= 11 is 1.88. The lowest BCUT2D eigenvalue weighted by Gasteiger charge is -2.25. The smallest absolute Gasteiger partial charge is 0.156 e. The van der Waals surface area contributed by atoms with Gasteiger partial charge in [0.15, 0.2) is 5.17 Å². The first-order valence-corrected chi connectivity index (χ1v) is 7.16. The van der Waals surface area contributed by atoms with Gasteiger partial charge in [0.2, 0.25) is 0 Å². The second-order valence-electron chi connectivity index (χ2n) is 5.04. The van der Waals surface area contributed by atoms with Gasteiger partial charge >= 0.3 is 0 Å². The fourth-order valence-electron chi connectivity index (χ4n) is 2.58. The van der Waals surface area contributed by atoms with Crippen LogP contribution >= 0.6 is 11.8 Å². The summed E-state index contributed by atoms with van der Waals surface area (Å²) in [6.07, 6.45) is 6.90. The van der Waals surface area contributed by atoms with E-state index in [1.54, 1.807) is 0 Å². The molecule has 1 aliphatic carbocycles. The van der Waals surface area contributed by atoms with Gasteiger partial charge < -0.3 is 5.32 Å². The molecule has 1 aliphatic heterocycles. The van der Waals surface area contributed by atoms with E-state index in [4.69, 9.17) is 4.99 Å². The minimum Gasteiger partial charge on any atom is -0.362 e. The van der Waals surface area contributed by atoms with Crippen molar-refractivity contribution in [1.29, 1.82) is 0 Å². The molecule has 1 unspecified atom stereocenters. The zero-order valence-corrected chi connectivity index (χ0v) is 10.7. The third kappa shape index (κ3) is 2.68. The van der Waals surface area contributed by atoms with Gasteiger partial charge in [0.05, 0.1) is 0 Å². The number of nitrogens with zero attached hydrogens (tertiary/aromatic N) is 1. The van der Waals surface area contributed by atoms with E-state index in [9.17, 15) is 0 Å². The van der Waals surface area contributed by atoms with Crippen molar-refractivity contribution in [1.82, 2.24) is 5.32 Å². The summed E-state index contributed by atoms with van der Waals surface area (Å²) in [5, 5.41) is 4.61. The Kier molecular flexibility index (Phi) is 3.60. The van der Waals surface area contributed by atoms with Crippen LogP contribution in [0.5, 0.6) is 0 Å². The predicted octanol–water partition coefficient (Wildman–Crippen LogP) is 3.04. The minimum absolute atomic E-state index is 0.543. The molecule has 1 atom stereocenters. The van der Waals surface area contributed by atoms with Crippen LogP contribution < -0.4 is 5.32 Å². The summed E-state index contributed by atoms with van der Waals surface area (Å²) in [4.78, 5) is 4.77. The molecule has 15 heavy (non-hydrogen) atoms. The molecule has 1 saturated carbocycles. The molecule has 2 fully saturated rings. The highest BCUT2D eigenvalue weighted by atomic mass is 32.2. The van der Waals surface area contributed by atoms with Gasteiger partial charge in [-0.25, -0.2) is 0 Å². The Morgan fingerprint density at radius 3 is 2.73 bits per heavy atom. The first-order chi connectivity index (χ1) is 7.24. The average molecular weight is 226 g/mol. The Labute approximate surface area is 97.3 Å². The van der Waals surface area contributed by atoms with Gasteiger partial charge in [-0.2, -0.15) is 0 Å². The Morgan fingerprint density at radius 2 is 2.20 bits per heavy atom. The number of amidine groups is 1. The molecule has 1 saturated heterocycles. The SMILES string of the molecule is CCC1(CN=C2NC(C)CS2)CCCC1. The number of hydrogen-bond acceptors (Lipinski definition) is 2. The maximum Gasteiger partial charge on any atom is 0.156 e. The Bertz CT molecular complexity index is 244. The maximum absolute atomic E-state index is 4.77. The number of nitrogens with one attached hydrogen (secondary N) is 1. The first-order valence-electron chi connectivity index (χ1n) is 6.18. The van der Waals surface area contributed by atoms with Crippen molar-refractivity contribution in [3.05, 3.63) is 0 Å². The molecule has 1 heterocycles. The standard InChI is InChI=1S/C12H22N2S/c1-3-12(6-4-5-7-12)9-13-11-14-10(2)8-15-11/h10H,3-9H2,1-2H3,(H,13,14). The summed E-state index contributed by atoms with van der Waals surface area (Å²) in [5.74, 6) is 1.18. The Morgan fingerprint density at radius 1 is 1.47 bits per heavy atom. The van der Waals surface area contributed by atoms with Crippen molar-refractivity contribution in [2.24, 2.45) is 10.4 Å². The van der Waals surface area contributed by atoms with E-state index in [2.05, 4.69) is 19.2 Å². The quantitative estimate of drug-likeness (QED) is 0.800. The summed E-state index contributed by atoms with van der Waals surface area (Å²) in [5.41, 5.74) is 0.543. The highest BCUT2D eigenvalue weighted by Crippen LogP contribution is 2.41. The van der Waals surface area contributed by atoms with Crippen LogP contribution in [0.2, 0.25) is 0 Å². The van der Waals surface area contributed by atoms with Gasteiger partial charge in [-0.15, -0.1) is 0 Å². The van der Waals surface area contributed by atoms with Crippen molar-refractivity contribution in [2.75, 3.05) is 12.3 Å². The van der Waals surface area contributed by atoms with Gasteiger partial charge in [-0.3, -0.25) is 4.99 Å². The van der Waals surface area contributed by atoms with Gasteiger partial charge in [-0.05, 0) is 31.6 Å². The molecule has 2 aliphatic rings. The van der Waals surface area contributed by atoms with Crippen LogP contribution in [0.15, 0.2) is 4.99 Å². The molecule has 0 aromatic heterocycles. The molecular formula is C12H22N2S. The lowest BCUT2D eigenvalue weighted by molar-refractivity contribution is 0.298. The second kappa shape index (κ2) is 4.77. The van der Waals surface area contributed by atoms with Crippen molar-refractivity contribution < 1.29 is 0 Å².